The van der Waals surface area contributed by atoms with E-state index in [1.807, 2.05) is 0 Å². The Morgan fingerprint density at radius 2 is 2.00 bits per heavy atom. The number of hydrogen-bond donors (Lipinski definition) is 1. The molecular formula is C17H22ClFN2O5. The number of carbonyl (C=O) groups excluding carboxylic acids is 1. The molecule has 0 bridgehead atoms. The lowest BCUT2D eigenvalue weighted by Crippen LogP contribution is -2.46. The number of nitrogens with zero attached hydrogens (tertiary/aromatic N) is 2. The van der Waals surface area contributed by atoms with Gasteiger partial charge in [0, 0.05) is 25.2 Å². The molecule has 0 atom stereocenters. The summed E-state index contributed by atoms with van der Waals surface area (Å²) in [6.45, 7) is 5.70. The van der Waals surface area contributed by atoms with E-state index in [-0.39, 0.29) is 48.7 Å². The number of halogens is 2. The first-order valence-corrected chi connectivity index (χ1v) is 8.61. The fourth-order valence-corrected chi connectivity index (χ4v) is 3.07. The Kier molecular flexibility index (Phi) is 5.77. The topological polar surface area (TPSA) is 92.9 Å². The van der Waals surface area contributed by atoms with Crippen LogP contribution in [0.1, 0.15) is 40.0 Å². The van der Waals surface area contributed by atoms with E-state index in [0.29, 0.717) is 0 Å². The number of anilines is 1. The average molecular weight is 389 g/mol. The number of piperidine rings is 1. The van der Waals surface area contributed by atoms with E-state index in [1.165, 1.54) is 0 Å². The van der Waals surface area contributed by atoms with Crippen LogP contribution >= 0.6 is 11.6 Å². The molecule has 26 heavy (non-hydrogen) atoms. The second kappa shape index (κ2) is 7.36. The van der Waals surface area contributed by atoms with E-state index < -0.39 is 27.9 Å². The Bertz CT molecular complexity index is 712. The van der Waals surface area contributed by atoms with Crippen molar-refractivity contribution in [2.45, 2.75) is 51.2 Å². The van der Waals surface area contributed by atoms with Crippen LogP contribution in [-0.4, -0.2) is 40.3 Å². The van der Waals surface area contributed by atoms with Crippen molar-refractivity contribution < 1.29 is 24.0 Å². The van der Waals surface area contributed by atoms with Crippen LogP contribution in [0.25, 0.3) is 0 Å². The molecule has 1 aromatic rings. The van der Waals surface area contributed by atoms with Gasteiger partial charge in [-0.1, -0.05) is 11.6 Å². The van der Waals surface area contributed by atoms with Crippen LogP contribution in [0.2, 0.25) is 5.02 Å². The summed E-state index contributed by atoms with van der Waals surface area (Å²) < 4.78 is 19.0. The van der Waals surface area contributed by atoms with E-state index in [2.05, 4.69) is 0 Å². The number of nitro groups is 1. The van der Waals surface area contributed by atoms with Gasteiger partial charge >= 0.3 is 5.97 Å². The largest absolute Gasteiger partial charge is 0.460 e. The van der Waals surface area contributed by atoms with Crippen molar-refractivity contribution in [3.8, 4) is 0 Å². The lowest BCUT2D eigenvalue weighted by Gasteiger charge is -2.38. The molecule has 1 aromatic carbocycles. The van der Waals surface area contributed by atoms with Gasteiger partial charge in [0.1, 0.15) is 17.1 Å². The van der Waals surface area contributed by atoms with E-state index >= 15 is 0 Å². The molecule has 1 fully saturated rings. The van der Waals surface area contributed by atoms with Crippen LogP contribution < -0.4 is 4.90 Å². The molecule has 0 aromatic heterocycles. The van der Waals surface area contributed by atoms with Gasteiger partial charge in [-0.05, 0) is 33.6 Å². The number of ether oxygens (including phenoxy) is 1. The first-order chi connectivity index (χ1) is 11.9. The first kappa shape index (κ1) is 20.4. The minimum Gasteiger partial charge on any atom is -0.460 e. The van der Waals surface area contributed by atoms with Gasteiger partial charge in [-0.15, -0.1) is 0 Å². The Labute approximate surface area is 155 Å². The summed E-state index contributed by atoms with van der Waals surface area (Å²) in [4.78, 5) is 24.2. The van der Waals surface area contributed by atoms with Crippen molar-refractivity contribution in [1.29, 1.82) is 0 Å². The van der Waals surface area contributed by atoms with Crippen LogP contribution in [0, 0.1) is 15.9 Å². The minimum atomic E-state index is -1.25. The molecular weight excluding hydrogens is 367 g/mol. The van der Waals surface area contributed by atoms with E-state index in [0.717, 1.165) is 12.1 Å². The molecule has 1 aliphatic rings. The highest BCUT2D eigenvalue weighted by atomic mass is 35.5. The minimum absolute atomic E-state index is 0.108. The summed E-state index contributed by atoms with van der Waals surface area (Å²) in [6.07, 6.45) is 0.246. The number of carbonyl (C=O) groups is 1. The van der Waals surface area contributed by atoms with E-state index in [1.54, 1.807) is 25.7 Å². The van der Waals surface area contributed by atoms with Gasteiger partial charge in [0.25, 0.3) is 5.69 Å². The summed E-state index contributed by atoms with van der Waals surface area (Å²) >= 11 is 5.63. The van der Waals surface area contributed by atoms with Gasteiger partial charge < -0.3 is 14.7 Å². The number of aliphatic hydroxyl groups is 1. The van der Waals surface area contributed by atoms with Crippen LogP contribution in [-0.2, 0) is 9.53 Å². The predicted molar refractivity (Wildman–Crippen MR) is 94.9 cm³/mol. The predicted octanol–water partition coefficient (Wildman–Crippen LogP) is 3.45. The van der Waals surface area contributed by atoms with Crippen molar-refractivity contribution in [3.05, 3.63) is 33.1 Å². The molecule has 9 heteroatoms. The monoisotopic (exact) mass is 388 g/mol. The average Bonchev–Trinajstić information content (AvgIpc) is 2.47. The SMILES string of the molecule is CC(C)(C)OC(=O)CC1(O)CCN(c2cc(F)c(Cl)cc2[N+](=O)[O-])CC1. The fourth-order valence-electron chi connectivity index (χ4n) is 2.91. The van der Waals surface area contributed by atoms with Gasteiger partial charge in [0.05, 0.1) is 22.0 Å². The maximum Gasteiger partial charge on any atom is 0.309 e. The third-order valence-corrected chi connectivity index (χ3v) is 4.43. The lowest BCUT2D eigenvalue weighted by molar-refractivity contribution is -0.384. The highest BCUT2D eigenvalue weighted by molar-refractivity contribution is 6.31. The standard InChI is InChI=1S/C17H22ClFN2O5/c1-16(2,3)26-15(22)10-17(23)4-6-20(7-5-17)13-9-12(19)11(18)8-14(13)21(24)25/h8-9,23H,4-7,10H2,1-3H3. The smallest absolute Gasteiger partial charge is 0.309 e. The molecule has 144 valence electrons. The molecule has 0 spiro atoms. The van der Waals surface area contributed by atoms with Crippen LogP contribution in [0.3, 0.4) is 0 Å². The van der Waals surface area contributed by atoms with Gasteiger partial charge in [-0.25, -0.2) is 4.39 Å². The third-order valence-electron chi connectivity index (χ3n) is 4.14. The second-order valence-electron chi connectivity index (χ2n) is 7.49. The molecule has 0 radical (unpaired) electrons. The highest BCUT2D eigenvalue weighted by Gasteiger charge is 2.37. The number of hydrogen-bond acceptors (Lipinski definition) is 6. The van der Waals surface area contributed by atoms with Crippen molar-refractivity contribution in [1.82, 2.24) is 0 Å². The zero-order valence-corrected chi connectivity index (χ0v) is 15.7. The number of nitro benzene ring substituents is 1. The molecule has 0 saturated carbocycles. The number of rotatable bonds is 4. The number of esters is 1. The Morgan fingerprint density at radius 1 is 1.42 bits per heavy atom. The van der Waals surface area contributed by atoms with Gasteiger partial charge in [-0.3, -0.25) is 14.9 Å². The lowest BCUT2D eigenvalue weighted by atomic mass is 9.88. The Balaban J connectivity index is 2.10. The zero-order valence-electron chi connectivity index (χ0n) is 14.9. The molecule has 1 aliphatic heterocycles. The Morgan fingerprint density at radius 3 is 2.50 bits per heavy atom. The summed E-state index contributed by atoms with van der Waals surface area (Å²) in [6, 6.07) is 2.01. The van der Waals surface area contributed by atoms with Crippen molar-refractivity contribution in [2.75, 3.05) is 18.0 Å². The molecule has 1 N–H and O–H groups in total. The molecule has 1 saturated heterocycles. The van der Waals surface area contributed by atoms with Gasteiger partial charge in [0.15, 0.2) is 0 Å². The highest BCUT2D eigenvalue weighted by Crippen LogP contribution is 2.37. The van der Waals surface area contributed by atoms with Crippen LogP contribution in [0.5, 0.6) is 0 Å². The molecule has 2 rings (SSSR count). The quantitative estimate of drug-likeness (QED) is 0.482. The second-order valence-corrected chi connectivity index (χ2v) is 7.89. The molecule has 0 amide bonds. The van der Waals surface area contributed by atoms with Crippen molar-refractivity contribution in [2.24, 2.45) is 0 Å². The summed E-state index contributed by atoms with van der Waals surface area (Å²) in [5.74, 6) is -1.25. The molecule has 0 aliphatic carbocycles. The third kappa shape index (κ3) is 5.04. The van der Waals surface area contributed by atoms with E-state index in [9.17, 15) is 24.4 Å². The molecule has 0 unspecified atom stereocenters. The molecule has 1 heterocycles. The maximum absolute atomic E-state index is 13.8. The van der Waals surface area contributed by atoms with E-state index in [4.69, 9.17) is 16.3 Å². The maximum atomic E-state index is 13.8. The normalized spacial score (nSPS) is 17.1. The van der Waals surface area contributed by atoms with Crippen LogP contribution in [0.4, 0.5) is 15.8 Å². The van der Waals surface area contributed by atoms with Crippen molar-refractivity contribution >= 4 is 28.9 Å². The van der Waals surface area contributed by atoms with Gasteiger partial charge in [0.2, 0.25) is 0 Å². The summed E-state index contributed by atoms with van der Waals surface area (Å²) in [5.41, 5.74) is -2.08. The first-order valence-electron chi connectivity index (χ1n) is 8.23. The summed E-state index contributed by atoms with van der Waals surface area (Å²) in [5, 5.41) is 21.5. The number of benzene rings is 1. The van der Waals surface area contributed by atoms with Gasteiger partial charge in [-0.2, -0.15) is 0 Å². The van der Waals surface area contributed by atoms with Crippen molar-refractivity contribution in [3.63, 3.8) is 0 Å². The Hall–Kier alpha value is -1.93. The summed E-state index contributed by atoms with van der Waals surface area (Å²) in [7, 11) is 0. The zero-order chi connectivity index (χ0) is 19.7. The molecule has 7 nitrogen and oxygen atoms in total. The van der Waals surface area contributed by atoms with Crippen LogP contribution in [0.15, 0.2) is 12.1 Å². The fraction of sp³-hybridized carbons (Fsp3) is 0.588.